The summed E-state index contributed by atoms with van der Waals surface area (Å²) in [7, 11) is 0. The fourth-order valence-electron chi connectivity index (χ4n) is 3.62. The summed E-state index contributed by atoms with van der Waals surface area (Å²) in [6.45, 7) is 4.27. The second-order valence-electron chi connectivity index (χ2n) is 6.63. The maximum atomic E-state index is 14.5. The highest BCUT2D eigenvalue weighted by atomic mass is 19.2. The molecule has 118 valence electrons. The highest BCUT2D eigenvalue weighted by Gasteiger charge is 2.20. The highest BCUT2D eigenvalue weighted by molar-refractivity contribution is 5.86. The second-order valence-corrected chi connectivity index (χ2v) is 6.63. The van der Waals surface area contributed by atoms with Gasteiger partial charge in [0.05, 0.1) is 0 Å². The Morgan fingerprint density at radius 2 is 1.86 bits per heavy atom. The maximum Gasteiger partial charge on any atom is 0.166 e. The Morgan fingerprint density at radius 3 is 2.59 bits per heavy atom. The van der Waals surface area contributed by atoms with E-state index in [0.29, 0.717) is 23.3 Å². The molecule has 0 aliphatic heterocycles. The number of benzene rings is 2. The van der Waals surface area contributed by atoms with Crippen LogP contribution in [0.3, 0.4) is 0 Å². The van der Waals surface area contributed by atoms with Gasteiger partial charge in [-0.15, -0.1) is 0 Å². The molecule has 1 unspecified atom stereocenters. The predicted octanol–water partition coefficient (Wildman–Crippen LogP) is 5.98. The SMILES string of the molecule is CCCCc1cc2cc3c(cc2c(F)c1F)CC(CC)CC3. The lowest BCUT2D eigenvalue weighted by Crippen LogP contribution is -2.13. The number of hydrogen-bond acceptors (Lipinski definition) is 0. The molecule has 2 aromatic carbocycles. The number of aryl methyl sites for hydroxylation is 2. The van der Waals surface area contributed by atoms with Gasteiger partial charge in [0.1, 0.15) is 0 Å². The van der Waals surface area contributed by atoms with Crippen molar-refractivity contribution in [3.63, 3.8) is 0 Å². The Bertz CT molecular complexity index is 688. The third kappa shape index (κ3) is 2.76. The quantitative estimate of drug-likeness (QED) is 0.652. The van der Waals surface area contributed by atoms with Crippen LogP contribution in [0.15, 0.2) is 18.2 Å². The Hall–Kier alpha value is -1.44. The molecule has 0 bridgehead atoms. The van der Waals surface area contributed by atoms with E-state index in [-0.39, 0.29) is 0 Å². The molecule has 0 fully saturated rings. The molecule has 1 aliphatic rings. The van der Waals surface area contributed by atoms with E-state index in [1.165, 1.54) is 17.5 Å². The second kappa shape index (κ2) is 6.36. The lowest BCUT2D eigenvalue weighted by molar-refractivity contribution is 0.445. The van der Waals surface area contributed by atoms with E-state index in [4.69, 9.17) is 0 Å². The monoisotopic (exact) mass is 302 g/mol. The van der Waals surface area contributed by atoms with Crippen molar-refractivity contribution in [2.24, 2.45) is 5.92 Å². The van der Waals surface area contributed by atoms with E-state index < -0.39 is 11.6 Å². The van der Waals surface area contributed by atoms with Crippen LogP contribution in [0.25, 0.3) is 10.8 Å². The number of unbranched alkanes of at least 4 members (excludes halogenated alkanes) is 1. The predicted molar refractivity (Wildman–Crippen MR) is 88.3 cm³/mol. The van der Waals surface area contributed by atoms with E-state index >= 15 is 0 Å². The molecule has 0 radical (unpaired) electrons. The van der Waals surface area contributed by atoms with Gasteiger partial charge in [-0.1, -0.05) is 32.8 Å². The summed E-state index contributed by atoms with van der Waals surface area (Å²) in [5.74, 6) is -0.629. The van der Waals surface area contributed by atoms with Crippen LogP contribution in [0, 0.1) is 17.6 Å². The van der Waals surface area contributed by atoms with Crippen molar-refractivity contribution in [2.45, 2.75) is 58.8 Å². The average Bonchev–Trinajstić information content (AvgIpc) is 2.55. The van der Waals surface area contributed by atoms with Crippen molar-refractivity contribution in [3.8, 4) is 0 Å². The Morgan fingerprint density at radius 1 is 1.05 bits per heavy atom. The van der Waals surface area contributed by atoms with Crippen molar-refractivity contribution in [3.05, 3.63) is 46.5 Å². The lowest BCUT2D eigenvalue weighted by Gasteiger charge is -2.24. The molecule has 0 aromatic heterocycles. The van der Waals surface area contributed by atoms with Crippen LogP contribution in [0.5, 0.6) is 0 Å². The van der Waals surface area contributed by atoms with Gasteiger partial charge in [-0.05, 0) is 72.2 Å². The summed E-state index contributed by atoms with van der Waals surface area (Å²) >= 11 is 0. The van der Waals surface area contributed by atoms with Gasteiger partial charge in [0.15, 0.2) is 11.6 Å². The average molecular weight is 302 g/mol. The zero-order valence-electron chi connectivity index (χ0n) is 13.5. The van der Waals surface area contributed by atoms with E-state index in [2.05, 4.69) is 19.9 Å². The van der Waals surface area contributed by atoms with Gasteiger partial charge in [-0.3, -0.25) is 0 Å². The third-order valence-corrected chi connectivity index (χ3v) is 5.12. The fraction of sp³-hybridized carbons (Fsp3) is 0.500. The normalized spacial score (nSPS) is 17.7. The fourth-order valence-corrected chi connectivity index (χ4v) is 3.62. The van der Waals surface area contributed by atoms with Crippen molar-refractivity contribution in [2.75, 3.05) is 0 Å². The molecular formula is C20H24F2. The van der Waals surface area contributed by atoms with Gasteiger partial charge >= 0.3 is 0 Å². The number of rotatable bonds is 4. The van der Waals surface area contributed by atoms with Crippen LogP contribution < -0.4 is 0 Å². The molecule has 1 aliphatic carbocycles. The molecule has 0 amide bonds. The first-order valence-electron chi connectivity index (χ1n) is 8.56. The zero-order valence-corrected chi connectivity index (χ0v) is 13.5. The van der Waals surface area contributed by atoms with Crippen LogP contribution in [-0.2, 0) is 19.3 Å². The molecule has 2 heteroatoms. The van der Waals surface area contributed by atoms with Crippen LogP contribution in [0.2, 0.25) is 0 Å². The molecular weight excluding hydrogens is 278 g/mol. The van der Waals surface area contributed by atoms with Crippen LogP contribution in [0.1, 0.15) is 56.2 Å². The number of halogens is 2. The van der Waals surface area contributed by atoms with Gasteiger partial charge in [0.25, 0.3) is 0 Å². The minimum atomic E-state index is -0.662. The molecule has 1 atom stereocenters. The van der Waals surface area contributed by atoms with Crippen LogP contribution in [-0.4, -0.2) is 0 Å². The summed E-state index contributed by atoms with van der Waals surface area (Å²) in [6.07, 6.45) is 6.93. The number of fused-ring (bicyclic) bond motifs is 2. The largest absolute Gasteiger partial charge is 0.203 e. The first-order chi connectivity index (χ1) is 10.6. The van der Waals surface area contributed by atoms with Gasteiger partial charge < -0.3 is 0 Å². The third-order valence-electron chi connectivity index (χ3n) is 5.12. The summed E-state index contributed by atoms with van der Waals surface area (Å²) in [6, 6.07) is 5.85. The maximum absolute atomic E-state index is 14.5. The van der Waals surface area contributed by atoms with E-state index in [1.807, 2.05) is 12.1 Å². The first-order valence-corrected chi connectivity index (χ1v) is 8.56. The Labute approximate surface area is 131 Å². The molecule has 0 saturated heterocycles. The molecule has 22 heavy (non-hydrogen) atoms. The minimum absolute atomic E-state index is 0.452. The molecule has 0 spiro atoms. The minimum Gasteiger partial charge on any atom is -0.203 e. The van der Waals surface area contributed by atoms with Crippen molar-refractivity contribution in [1.29, 1.82) is 0 Å². The van der Waals surface area contributed by atoms with Crippen molar-refractivity contribution >= 4 is 10.8 Å². The summed E-state index contributed by atoms with van der Waals surface area (Å²) < 4.78 is 28.7. The summed E-state index contributed by atoms with van der Waals surface area (Å²) in [4.78, 5) is 0. The standard InChI is InChI=1S/C20H24F2/c1-3-5-6-15-11-17-10-14-8-7-13(4-2)9-16(14)12-18(17)20(22)19(15)21/h10-13H,3-9H2,1-2H3. The van der Waals surface area contributed by atoms with Gasteiger partial charge in [0.2, 0.25) is 0 Å². The summed E-state index contributed by atoms with van der Waals surface area (Å²) in [5.41, 5.74) is 3.06. The molecule has 0 nitrogen and oxygen atoms in total. The smallest absolute Gasteiger partial charge is 0.166 e. The van der Waals surface area contributed by atoms with E-state index in [1.54, 1.807) is 0 Å². The molecule has 0 saturated carbocycles. The molecule has 0 heterocycles. The Kier molecular flexibility index (Phi) is 4.46. The van der Waals surface area contributed by atoms with Crippen molar-refractivity contribution < 1.29 is 8.78 Å². The Balaban J connectivity index is 2.08. The lowest BCUT2D eigenvalue weighted by atomic mass is 9.81. The topological polar surface area (TPSA) is 0 Å². The highest BCUT2D eigenvalue weighted by Crippen LogP contribution is 2.33. The van der Waals surface area contributed by atoms with Crippen LogP contribution in [0.4, 0.5) is 8.78 Å². The van der Waals surface area contributed by atoms with Gasteiger partial charge in [0, 0.05) is 5.39 Å². The van der Waals surface area contributed by atoms with E-state index in [9.17, 15) is 8.78 Å². The van der Waals surface area contributed by atoms with E-state index in [0.717, 1.165) is 37.5 Å². The summed E-state index contributed by atoms with van der Waals surface area (Å²) in [5, 5.41) is 1.31. The number of hydrogen-bond donors (Lipinski definition) is 0. The zero-order chi connectivity index (χ0) is 15.7. The van der Waals surface area contributed by atoms with Gasteiger partial charge in [-0.25, -0.2) is 8.78 Å². The molecule has 0 N–H and O–H groups in total. The molecule has 3 rings (SSSR count). The van der Waals surface area contributed by atoms with Crippen LogP contribution >= 0.6 is 0 Å². The van der Waals surface area contributed by atoms with Crippen molar-refractivity contribution in [1.82, 2.24) is 0 Å². The first kappa shape index (κ1) is 15.5. The molecule has 2 aromatic rings. The van der Waals surface area contributed by atoms with Gasteiger partial charge in [-0.2, -0.15) is 0 Å².